The highest BCUT2D eigenvalue weighted by atomic mass is 127. The molecule has 0 saturated heterocycles. The van der Waals surface area contributed by atoms with Crippen molar-refractivity contribution in [3.05, 3.63) is 70.8 Å². The van der Waals surface area contributed by atoms with Crippen molar-refractivity contribution in [2.24, 2.45) is 4.99 Å². The van der Waals surface area contributed by atoms with Gasteiger partial charge in [-0.05, 0) is 42.3 Å². The number of hydrogen-bond acceptors (Lipinski definition) is 2. The quantitative estimate of drug-likeness (QED) is 0.331. The van der Waals surface area contributed by atoms with Gasteiger partial charge in [-0.1, -0.05) is 24.3 Å². The zero-order chi connectivity index (χ0) is 21.4. The number of hydrogen-bond donors (Lipinski definition) is 2. The van der Waals surface area contributed by atoms with Gasteiger partial charge in [0, 0.05) is 32.7 Å². The number of nitrogens with zero attached hydrogens (tertiary/aromatic N) is 2. The van der Waals surface area contributed by atoms with Crippen molar-refractivity contribution in [2.45, 2.75) is 26.2 Å². The third-order valence-electron chi connectivity index (χ3n) is 4.09. The van der Waals surface area contributed by atoms with Crippen molar-refractivity contribution < 1.29 is 18.0 Å². The third-order valence-corrected chi connectivity index (χ3v) is 4.09. The van der Waals surface area contributed by atoms with E-state index in [1.165, 1.54) is 11.0 Å². The summed E-state index contributed by atoms with van der Waals surface area (Å²) in [6.07, 6.45) is -4.37. The largest absolute Gasteiger partial charge is 0.416 e. The van der Waals surface area contributed by atoms with Gasteiger partial charge in [0.2, 0.25) is 0 Å². The minimum atomic E-state index is -4.37. The predicted molar refractivity (Wildman–Crippen MR) is 123 cm³/mol. The van der Waals surface area contributed by atoms with Crippen LogP contribution in [-0.4, -0.2) is 37.4 Å². The molecule has 0 spiro atoms. The average Bonchev–Trinajstić information content (AvgIpc) is 2.69. The Morgan fingerprint density at radius 3 is 2.27 bits per heavy atom. The molecule has 0 unspecified atom stereocenters. The van der Waals surface area contributed by atoms with Crippen LogP contribution in [0.3, 0.4) is 0 Å². The Bertz CT molecular complexity index is 852. The molecule has 2 aromatic rings. The van der Waals surface area contributed by atoms with Crippen molar-refractivity contribution in [1.29, 1.82) is 0 Å². The summed E-state index contributed by atoms with van der Waals surface area (Å²) < 4.78 is 38.5. The fraction of sp³-hybridized carbons (Fsp3) is 0.333. The highest BCUT2D eigenvalue weighted by Gasteiger charge is 2.30. The molecule has 0 aliphatic rings. The van der Waals surface area contributed by atoms with E-state index in [2.05, 4.69) is 15.6 Å². The molecular formula is C21H26F3IN4O. The lowest BCUT2D eigenvalue weighted by molar-refractivity contribution is -0.137. The molecule has 0 aliphatic heterocycles. The molecule has 0 radical (unpaired) electrons. The molecule has 0 bridgehead atoms. The molecule has 9 heteroatoms. The number of aliphatic imine (C=N–C) groups is 1. The van der Waals surface area contributed by atoms with Crippen molar-refractivity contribution >= 4 is 35.8 Å². The Morgan fingerprint density at radius 1 is 1.03 bits per heavy atom. The number of benzene rings is 2. The number of nitrogens with one attached hydrogen (secondary N) is 2. The van der Waals surface area contributed by atoms with Gasteiger partial charge in [-0.15, -0.1) is 24.0 Å². The first-order chi connectivity index (χ1) is 13.7. The number of alkyl halides is 3. The number of carbonyl (C=O) groups excluding carboxylic acids is 1. The predicted octanol–water partition coefficient (Wildman–Crippen LogP) is 4.28. The highest BCUT2D eigenvalue weighted by Crippen LogP contribution is 2.29. The lowest BCUT2D eigenvalue weighted by Crippen LogP contribution is -2.36. The van der Waals surface area contributed by atoms with Crippen molar-refractivity contribution in [3.63, 3.8) is 0 Å². The van der Waals surface area contributed by atoms with E-state index in [1.807, 2.05) is 19.1 Å². The van der Waals surface area contributed by atoms with Crippen LogP contribution in [0.4, 0.5) is 13.2 Å². The van der Waals surface area contributed by atoms with Gasteiger partial charge in [-0.3, -0.25) is 4.79 Å². The average molecular weight is 534 g/mol. The number of carbonyl (C=O) groups is 1. The zero-order valence-electron chi connectivity index (χ0n) is 17.1. The van der Waals surface area contributed by atoms with Gasteiger partial charge >= 0.3 is 6.18 Å². The molecule has 0 aliphatic carbocycles. The van der Waals surface area contributed by atoms with Crippen molar-refractivity contribution in [1.82, 2.24) is 15.5 Å². The number of rotatable bonds is 6. The number of halogens is 4. The summed E-state index contributed by atoms with van der Waals surface area (Å²) in [6.45, 7) is 3.11. The highest BCUT2D eigenvalue weighted by molar-refractivity contribution is 14.0. The SMILES string of the molecule is CCNC(=NCc1cccc(C(F)(F)F)c1)NCc1ccc(C(=O)N(C)C)cc1.I. The smallest absolute Gasteiger partial charge is 0.357 e. The van der Waals surface area contributed by atoms with Crippen LogP contribution in [0.25, 0.3) is 0 Å². The third kappa shape index (κ3) is 7.85. The zero-order valence-corrected chi connectivity index (χ0v) is 19.4. The van der Waals surface area contributed by atoms with Crippen LogP contribution in [0.15, 0.2) is 53.5 Å². The Kier molecular flexibility index (Phi) is 10.1. The standard InChI is InChI=1S/C21H25F3N4O.HI/c1-4-25-20(27-14-16-6-5-7-18(12-16)21(22,23)24)26-13-15-8-10-17(11-9-15)19(29)28(2)3;/h5-12H,4,13-14H2,1-3H3,(H2,25,26,27);1H. The Balaban J connectivity index is 0.00000450. The summed E-state index contributed by atoms with van der Waals surface area (Å²) in [4.78, 5) is 17.8. The van der Waals surface area contributed by atoms with E-state index < -0.39 is 11.7 Å². The van der Waals surface area contributed by atoms with Crippen LogP contribution in [0.5, 0.6) is 0 Å². The van der Waals surface area contributed by atoms with E-state index in [-0.39, 0.29) is 36.4 Å². The molecule has 0 fully saturated rings. The van der Waals surface area contributed by atoms with Gasteiger partial charge in [0.1, 0.15) is 0 Å². The lowest BCUT2D eigenvalue weighted by atomic mass is 10.1. The normalized spacial score (nSPS) is 11.5. The van der Waals surface area contributed by atoms with Gasteiger partial charge in [-0.25, -0.2) is 4.99 Å². The molecular weight excluding hydrogens is 508 g/mol. The molecule has 164 valence electrons. The maximum absolute atomic E-state index is 12.8. The second-order valence-corrected chi connectivity index (χ2v) is 6.64. The fourth-order valence-corrected chi connectivity index (χ4v) is 2.57. The Hall–Kier alpha value is -2.30. The summed E-state index contributed by atoms with van der Waals surface area (Å²) in [5, 5.41) is 6.21. The first-order valence-electron chi connectivity index (χ1n) is 9.19. The Morgan fingerprint density at radius 2 is 1.70 bits per heavy atom. The number of guanidine groups is 1. The fourth-order valence-electron chi connectivity index (χ4n) is 2.57. The number of amides is 1. The molecule has 2 N–H and O–H groups in total. The maximum atomic E-state index is 12.8. The molecule has 0 aromatic heterocycles. The van der Waals surface area contributed by atoms with Gasteiger partial charge in [0.05, 0.1) is 12.1 Å². The molecule has 2 rings (SSSR count). The van der Waals surface area contributed by atoms with E-state index in [4.69, 9.17) is 0 Å². The van der Waals surface area contributed by atoms with Gasteiger partial charge < -0.3 is 15.5 Å². The van der Waals surface area contributed by atoms with E-state index >= 15 is 0 Å². The van der Waals surface area contributed by atoms with Crippen LogP contribution < -0.4 is 10.6 Å². The van der Waals surface area contributed by atoms with Crippen LogP contribution in [0, 0.1) is 0 Å². The first kappa shape index (κ1) is 25.7. The van der Waals surface area contributed by atoms with Crippen LogP contribution in [-0.2, 0) is 19.3 Å². The molecule has 5 nitrogen and oxygen atoms in total. The molecule has 0 atom stereocenters. The summed E-state index contributed by atoms with van der Waals surface area (Å²) in [6, 6.07) is 12.3. The minimum absolute atomic E-state index is 0. The minimum Gasteiger partial charge on any atom is -0.357 e. The van der Waals surface area contributed by atoms with Crippen LogP contribution >= 0.6 is 24.0 Å². The second kappa shape index (κ2) is 11.8. The summed E-state index contributed by atoms with van der Waals surface area (Å²) >= 11 is 0. The lowest BCUT2D eigenvalue weighted by Gasteiger charge is -2.13. The molecule has 0 heterocycles. The first-order valence-corrected chi connectivity index (χ1v) is 9.19. The van der Waals surface area contributed by atoms with E-state index in [0.29, 0.717) is 30.2 Å². The van der Waals surface area contributed by atoms with Crippen molar-refractivity contribution in [3.8, 4) is 0 Å². The van der Waals surface area contributed by atoms with Gasteiger partial charge in [0.15, 0.2) is 5.96 Å². The maximum Gasteiger partial charge on any atom is 0.416 e. The molecule has 1 amide bonds. The molecule has 2 aromatic carbocycles. The van der Waals surface area contributed by atoms with Gasteiger partial charge in [-0.2, -0.15) is 13.2 Å². The van der Waals surface area contributed by atoms with Crippen LogP contribution in [0.1, 0.15) is 34.0 Å². The van der Waals surface area contributed by atoms with E-state index in [1.54, 1.807) is 32.3 Å². The van der Waals surface area contributed by atoms with Crippen molar-refractivity contribution in [2.75, 3.05) is 20.6 Å². The molecule has 0 saturated carbocycles. The van der Waals surface area contributed by atoms with Gasteiger partial charge in [0.25, 0.3) is 5.91 Å². The summed E-state index contributed by atoms with van der Waals surface area (Å²) in [5.74, 6) is 0.429. The second-order valence-electron chi connectivity index (χ2n) is 6.64. The summed E-state index contributed by atoms with van der Waals surface area (Å²) in [5.41, 5.74) is 1.34. The molecule has 30 heavy (non-hydrogen) atoms. The Labute approximate surface area is 191 Å². The van der Waals surface area contributed by atoms with Crippen LogP contribution in [0.2, 0.25) is 0 Å². The summed E-state index contributed by atoms with van der Waals surface area (Å²) in [7, 11) is 3.39. The monoisotopic (exact) mass is 534 g/mol. The van der Waals surface area contributed by atoms with E-state index in [0.717, 1.165) is 17.7 Å². The topological polar surface area (TPSA) is 56.7 Å². The van der Waals surface area contributed by atoms with E-state index in [9.17, 15) is 18.0 Å².